The number of alkyl halides is 1. The third-order valence-electron chi connectivity index (χ3n) is 2.86. The predicted molar refractivity (Wildman–Crippen MR) is 55.5 cm³/mol. The first kappa shape index (κ1) is 10.5. The van der Waals surface area contributed by atoms with Gasteiger partial charge in [-0.1, -0.05) is 28.8 Å². The van der Waals surface area contributed by atoms with Crippen LogP contribution >= 0.6 is 15.9 Å². The van der Waals surface area contributed by atoms with Crippen LogP contribution in [0.2, 0.25) is 0 Å². The van der Waals surface area contributed by atoms with Crippen molar-refractivity contribution in [1.29, 1.82) is 0 Å². The van der Waals surface area contributed by atoms with Crippen LogP contribution in [0.15, 0.2) is 0 Å². The van der Waals surface area contributed by atoms with E-state index in [1.807, 2.05) is 6.92 Å². The minimum atomic E-state index is -0.101. The van der Waals surface area contributed by atoms with Crippen LogP contribution < -0.4 is 0 Å². The number of hydrogen-bond acceptors (Lipinski definition) is 1. The zero-order chi connectivity index (χ0) is 8.97. The Morgan fingerprint density at radius 3 is 2.17 bits per heavy atom. The maximum Gasteiger partial charge on any atom is 0.0514 e. The molecule has 1 rings (SSSR count). The Balaban J connectivity index is 2.17. The fourth-order valence-electron chi connectivity index (χ4n) is 2.10. The average molecular weight is 235 g/mol. The normalized spacial score (nSPS) is 33.2. The summed E-state index contributed by atoms with van der Waals surface area (Å²) in [4.78, 5) is 0. The molecule has 72 valence electrons. The molecule has 1 aliphatic carbocycles. The Labute approximate surface area is 83.7 Å². The largest absolute Gasteiger partial charge is 0.393 e. The Bertz CT molecular complexity index is 117. The molecule has 0 bridgehead atoms. The van der Waals surface area contributed by atoms with Gasteiger partial charge in [-0.05, 0) is 38.0 Å². The van der Waals surface area contributed by atoms with Crippen LogP contribution in [0.25, 0.3) is 0 Å². The lowest BCUT2D eigenvalue weighted by Crippen LogP contribution is -2.18. The van der Waals surface area contributed by atoms with Crippen molar-refractivity contribution in [3.8, 4) is 0 Å². The Morgan fingerprint density at radius 1 is 1.25 bits per heavy atom. The van der Waals surface area contributed by atoms with E-state index in [0.717, 1.165) is 23.6 Å². The fraction of sp³-hybridized carbons (Fsp3) is 1.00. The summed E-state index contributed by atoms with van der Waals surface area (Å²) < 4.78 is 0. The van der Waals surface area contributed by atoms with Gasteiger partial charge in [0.15, 0.2) is 0 Å². The van der Waals surface area contributed by atoms with Crippen LogP contribution in [-0.2, 0) is 0 Å². The summed E-state index contributed by atoms with van der Waals surface area (Å²) in [7, 11) is 0. The summed E-state index contributed by atoms with van der Waals surface area (Å²) in [5.74, 6) is 1.69. The van der Waals surface area contributed by atoms with E-state index in [1.54, 1.807) is 0 Å². The van der Waals surface area contributed by atoms with E-state index in [1.165, 1.54) is 25.7 Å². The Hall–Kier alpha value is 0.440. The molecule has 2 heteroatoms. The fourth-order valence-corrected chi connectivity index (χ4v) is 2.75. The molecule has 0 aromatic rings. The molecular weight excluding hydrogens is 216 g/mol. The third-order valence-corrected chi connectivity index (χ3v) is 3.77. The second kappa shape index (κ2) is 5.23. The van der Waals surface area contributed by atoms with E-state index >= 15 is 0 Å². The van der Waals surface area contributed by atoms with E-state index in [0.29, 0.717) is 0 Å². The summed E-state index contributed by atoms with van der Waals surface area (Å²) >= 11 is 3.53. The molecule has 0 spiro atoms. The second-order valence-corrected chi connectivity index (χ2v) is 4.77. The van der Waals surface area contributed by atoms with E-state index < -0.39 is 0 Å². The number of halogens is 1. The molecule has 1 N–H and O–H groups in total. The molecule has 0 heterocycles. The van der Waals surface area contributed by atoms with Crippen LogP contribution in [0.3, 0.4) is 0 Å². The zero-order valence-electron chi connectivity index (χ0n) is 7.80. The maximum atomic E-state index is 9.22. The van der Waals surface area contributed by atoms with Gasteiger partial charge in [0, 0.05) is 5.33 Å². The summed E-state index contributed by atoms with van der Waals surface area (Å²) in [6.45, 7) is 1.90. The SMILES string of the molecule is CC(O)CC1CCC(CBr)CC1. The lowest BCUT2D eigenvalue weighted by Gasteiger charge is -2.27. The Kier molecular flexibility index (Phi) is 4.59. The molecule has 0 aromatic heterocycles. The molecule has 0 amide bonds. The van der Waals surface area contributed by atoms with Crippen LogP contribution in [0.1, 0.15) is 39.0 Å². The van der Waals surface area contributed by atoms with Crippen molar-refractivity contribution in [3.63, 3.8) is 0 Å². The number of aliphatic hydroxyl groups is 1. The van der Waals surface area contributed by atoms with Crippen molar-refractivity contribution in [2.45, 2.75) is 45.1 Å². The van der Waals surface area contributed by atoms with Gasteiger partial charge < -0.3 is 5.11 Å². The van der Waals surface area contributed by atoms with Gasteiger partial charge in [0.1, 0.15) is 0 Å². The maximum absolute atomic E-state index is 9.22. The molecular formula is C10H19BrO. The summed E-state index contributed by atoms with van der Waals surface area (Å²) in [5, 5.41) is 10.4. The van der Waals surface area contributed by atoms with Crippen molar-refractivity contribution >= 4 is 15.9 Å². The highest BCUT2D eigenvalue weighted by Gasteiger charge is 2.20. The van der Waals surface area contributed by atoms with Crippen LogP contribution in [0.5, 0.6) is 0 Å². The van der Waals surface area contributed by atoms with Gasteiger partial charge in [-0.2, -0.15) is 0 Å². The third kappa shape index (κ3) is 3.44. The monoisotopic (exact) mass is 234 g/mol. The molecule has 0 saturated heterocycles. The number of hydrogen-bond donors (Lipinski definition) is 1. The molecule has 0 aliphatic heterocycles. The number of aliphatic hydroxyl groups excluding tert-OH is 1. The second-order valence-electron chi connectivity index (χ2n) is 4.13. The van der Waals surface area contributed by atoms with Crippen molar-refractivity contribution in [1.82, 2.24) is 0 Å². The van der Waals surface area contributed by atoms with Gasteiger partial charge in [-0.15, -0.1) is 0 Å². The molecule has 1 saturated carbocycles. The van der Waals surface area contributed by atoms with Gasteiger partial charge in [-0.25, -0.2) is 0 Å². The van der Waals surface area contributed by atoms with Crippen LogP contribution in [-0.4, -0.2) is 16.5 Å². The number of rotatable bonds is 3. The molecule has 1 unspecified atom stereocenters. The lowest BCUT2D eigenvalue weighted by atomic mass is 9.80. The van der Waals surface area contributed by atoms with Crippen molar-refractivity contribution in [2.75, 3.05) is 5.33 Å². The Morgan fingerprint density at radius 2 is 1.75 bits per heavy atom. The minimum Gasteiger partial charge on any atom is -0.393 e. The highest BCUT2D eigenvalue weighted by Crippen LogP contribution is 2.32. The standard InChI is InChI=1S/C10H19BrO/c1-8(12)6-9-2-4-10(7-11)5-3-9/h8-10,12H,2-7H2,1H3. The van der Waals surface area contributed by atoms with Crippen molar-refractivity contribution < 1.29 is 5.11 Å². The van der Waals surface area contributed by atoms with E-state index in [4.69, 9.17) is 0 Å². The molecule has 1 aliphatic rings. The highest BCUT2D eigenvalue weighted by molar-refractivity contribution is 9.09. The topological polar surface area (TPSA) is 20.2 Å². The smallest absolute Gasteiger partial charge is 0.0514 e. The van der Waals surface area contributed by atoms with E-state index in [9.17, 15) is 5.11 Å². The predicted octanol–water partition coefficient (Wildman–Crippen LogP) is 2.96. The van der Waals surface area contributed by atoms with Crippen LogP contribution in [0, 0.1) is 11.8 Å². The quantitative estimate of drug-likeness (QED) is 0.745. The zero-order valence-corrected chi connectivity index (χ0v) is 9.39. The minimum absolute atomic E-state index is 0.101. The van der Waals surface area contributed by atoms with Gasteiger partial charge in [0.05, 0.1) is 6.10 Å². The summed E-state index contributed by atoms with van der Waals surface area (Å²) in [6, 6.07) is 0. The highest BCUT2D eigenvalue weighted by atomic mass is 79.9. The summed E-state index contributed by atoms with van der Waals surface area (Å²) in [5.41, 5.74) is 0. The van der Waals surface area contributed by atoms with Crippen LogP contribution in [0.4, 0.5) is 0 Å². The average Bonchev–Trinajstić information content (AvgIpc) is 2.05. The first-order chi connectivity index (χ1) is 5.72. The molecule has 1 atom stereocenters. The van der Waals surface area contributed by atoms with Gasteiger partial charge in [0.25, 0.3) is 0 Å². The molecule has 0 aromatic carbocycles. The summed E-state index contributed by atoms with van der Waals surface area (Å²) in [6.07, 6.45) is 6.25. The molecule has 1 nitrogen and oxygen atoms in total. The van der Waals surface area contributed by atoms with Gasteiger partial charge in [0.2, 0.25) is 0 Å². The van der Waals surface area contributed by atoms with E-state index in [-0.39, 0.29) is 6.10 Å². The van der Waals surface area contributed by atoms with Crippen molar-refractivity contribution in [2.24, 2.45) is 11.8 Å². The van der Waals surface area contributed by atoms with E-state index in [2.05, 4.69) is 15.9 Å². The first-order valence-corrected chi connectivity index (χ1v) is 6.08. The van der Waals surface area contributed by atoms with Crippen molar-refractivity contribution in [3.05, 3.63) is 0 Å². The molecule has 0 radical (unpaired) electrons. The molecule has 1 fully saturated rings. The first-order valence-electron chi connectivity index (χ1n) is 4.96. The molecule has 12 heavy (non-hydrogen) atoms. The van der Waals surface area contributed by atoms with Gasteiger partial charge in [-0.3, -0.25) is 0 Å². The van der Waals surface area contributed by atoms with Gasteiger partial charge >= 0.3 is 0 Å². The lowest BCUT2D eigenvalue weighted by molar-refractivity contribution is 0.140.